The average Bonchev–Trinajstić information content (AvgIpc) is 2.84. The van der Waals surface area contributed by atoms with Crippen LogP contribution in [0.4, 0.5) is 5.69 Å². The smallest absolute Gasteiger partial charge is 0.261 e. The summed E-state index contributed by atoms with van der Waals surface area (Å²) >= 11 is 5.92. The number of aromatic amines is 1. The summed E-state index contributed by atoms with van der Waals surface area (Å²) in [5, 5.41) is 9.36. The van der Waals surface area contributed by atoms with Crippen LogP contribution in [0, 0.1) is 0 Å². The summed E-state index contributed by atoms with van der Waals surface area (Å²) < 4.78 is 0. The van der Waals surface area contributed by atoms with Crippen LogP contribution in [0.15, 0.2) is 58.8 Å². The van der Waals surface area contributed by atoms with E-state index >= 15 is 0 Å². The van der Waals surface area contributed by atoms with Crippen molar-refractivity contribution in [2.45, 2.75) is 6.92 Å². The van der Waals surface area contributed by atoms with E-state index in [2.05, 4.69) is 15.2 Å². The lowest BCUT2D eigenvalue weighted by Gasteiger charge is -2.00. The van der Waals surface area contributed by atoms with E-state index in [1.807, 2.05) is 48.5 Å². The zero-order valence-electron chi connectivity index (χ0n) is 11.3. The Balaban J connectivity index is 2.23. The van der Waals surface area contributed by atoms with Gasteiger partial charge in [0.1, 0.15) is 5.69 Å². The molecule has 1 heterocycles. The molecule has 0 aliphatic heterocycles. The molecule has 0 spiro atoms. The third-order valence-corrected chi connectivity index (χ3v) is 3.35. The van der Waals surface area contributed by atoms with Gasteiger partial charge in [0.2, 0.25) is 0 Å². The number of nitrogens with zero attached hydrogens (tertiary/aromatic N) is 2. The van der Waals surface area contributed by atoms with Crippen LogP contribution in [0.3, 0.4) is 0 Å². The second-order valence-electron chi connectivity index (χ2n) is 4.62. The number of halogens is 1. The van der Waals surface area contributed by atoms with E-state index in [1.54, 1.807) is 0 Å². The molecule has 21 heavy (non-hydrogen) atoms. The summed E-state index contributed by atoms with van der Waals surface area (Å²) in [7, 11) is 0. The second-order valence-corrected chi connectivity index (χ2v) is 5.06. The maximum Gasteiger partial charge on any atom is 0.261 e. The molecular formula is C16H12ClN3O. The van der Waals surface area contributed by atoms with Crippen molar-refractivity contribution < 1.29 is 4.79 Å². The zero-order valence-corrected chi connectivity index (χ0v) is 12.1. The lowest BCUT2D eigenvalue weighted by molar-refractivity contribution is -0.116. The summed E-state index contributed by atoms with van der Waals surface area (Å²) in [6.07, 6.45) is 0. The van der Waals surface area contributed by atoms with Gasteiger partial charge in [-0.3, -0.25) is 4.79 Å². The molecule has 4 nitrogen and oxygen atoms in total. The molecule has 1 N–H and O–H groups in total. The zero-order chi connectivity index (χ0) is 14.8. The predicted octanol–water partition coefficient (Wildman–Crippen LogP) is 5.12. The minimum absolute atomic E-state index is 0.331. The molecule has 0 radical (unpaired) electrons. The number of nitrogens with one attached hydrogen (secondary N) is 1. The highest BCUT2D eigenvalue weighted by Crippen LogP contribution is 2.37. The van der Waals surface area contributed by atoms with E-state index in [1.165, 1.54) is 6.92 Å². The lowest BCUT2D eigenvalue weighted by atomic mass is 10.1. The van der Waals surface area contributed by atoms with Crippen LogP contribution in [-0.4, -0.2) is 10.9 Å². The highest BCUT2D eigenvalue weighted by molar-refractivity contribution is 6.30. The van der Waals surface area contributed by atoms with Gasteiger partial charge in [0.05, 0.1) is 5.69 Å². The molecule has 0 aliphatic carbocycles. The third-order valence-electron chi connectivity index (χ3n) is 3.10. The van der Waals surface area contributed by atoms with Crippen molar-refractivity contribution in [2.24, 2.45) is 10.2 Å². The topological polar surface area (TPSA) is 57.6 Å². The highest BCUT2D eigenvalue weighted by atomic mass is 35.5. The van der Waals surface area contributed by atoms with Crippen molar-refractivity contribution in [3.8, 4) is 11.3 Å². The number of aromatic nitrogens is 1. The number of fused-ring (bicyclic) bond motifs is 1. The summed E-state index contributed by atoms with van der Waals surface area (Å²) in [6, 6.07) is 15.2. The predicted molar refractivity (Wildman–Crippen MR) is 83.9 cm³/mol. The number of H-pyrrole nitrogens is 1. The third kappa shape index (κ3) is 2.71. The quantitative estimate of drug-likeness (QED) is 0.656. The van der Waals surface area contributed by atoms with E-state index < -0.39 is 0 Å². The monoisotopic (exact) mass is 297 g/mol. The van der Waals surface area contributed by atoms with Gasteiger partial charge >= 0.3 is 0 Å². The summed E-state index contributed by atoms with van der Waals surface area (Å²) in [4.78, 5) is 14.4. The Bertz CT molecular complexity index is 834. The van der Waals surface area contributed by atoms with Gasteiger partial charge in [0.15, 0.2) is 0 Å². The fourth-order valence-corrected chi connectivity index (χ4v) is 2.30. The van der Waals surface area contributed by atoms with Crippen LogP contribution in [0.2, 0.25) is 5.02 Å². The first-order chi connectivity index (χ1) is 10.1. The van der Waals surface area contributed by atoms with Crippen molar-refractivity contribution in [1.82, 2.24) is 4.98 Å². The van der Waals surface area contributed by atoms with Crippen molar-refractivity contribution in [3.63, 3.8) is 0 Å². The van der Waals surface area contributed by atoms with Gasteiger partial charge in [-0.2, -0.15) is 0 Å². The molecule has 104 valence electrons. The standard InChI is InChI=1S/C16H12ClN3O/c1-10(21)19-20-16-13-4-2-3-5-14(13)18-15(16)11-6-8-12(17)9-7-11/h2-9,18H,1H3. The van der Waals surface area contributed by atoms with Gasteiger partial charge in [-0.15, -0.1) is 10.2 Å². The Kier molecular flexibility index (Phi) is 3.54. The maximum absolute atomic E-state index is 11.1. The number of para-hydroxylation sites is 1. The van der Waals surface area contributed by atoms with Gasteiger partial charge in [-0.1, -0.05) is 41.9 Å². The first-order valence-corrected chi connectivity index (χ1v) is 6.82. The molecule has 1 amide bonds. The van der Waals surface area contributed by atoms with Crippen molar-refractivity contribution >= 4 is 34.1 Å². The second kappa shape index (κ2) is 5.50. The summed E-state index contributed by atoms with van der Waals surface area (Å²) in [5.74, 6) is -0.331. The number of benzene rings is 2. The van der Waals surface area contributed by atoms with E-state index in [-0.39, 0.29) is 5.91 Å². The number of carbonyl (C=O) groups is 1. The van der Waals surface area contributed by atoms with Crippen LogP contribution in [0.5, 0.6) is 0 Å². The van der Waals surface area contributed by atoms with Crippen LogP contribution >= 0.6 is 11.6 Å². The van der Waals surface area contributed by atoms with Crippen molar-refractivity contribution in [1.29, 1.82) is 0 Å². The molecule has 0 fully saturated rings. The van der Waals surface area contributed by atoms with Crippen LogP contribution in [0.1, 0.15) is 6.92 Å². The van der Waals surface area contributed by atoms with E-state index in [0.717, 1.165) is 22.2 Å². The fourth-order valence-electron chi connectivity index (χ4n) is 2.18. The molecule has 0 unspecified atom stereocenters. The first kappa shape index (κ1) is 13.5. The largest absolute Gasteiger partial charge is 0.353 e. The number of hydrogen-bond acceptors (Lipinski definition) is 2. The number of azo groups is 1. The normalized spacial score (nSPS) is 11.3. The van der Waals surface area contributed by atoms with Crippen LogP contribution in [-0.2, 0) is 4.79 Å². The van der Waals surface area contributed by atoms with Gasteiger partial charge in [-0.05, 0) is 18.2 Å². The minimum atomic E-state index is -0.331. The molecule has 0 aliphatic rings. The molecule has 0 saturated heterocycles. The average molecular weight is 298 g/mol. The number of rotatable bonds is 2. The van der Waals surface area contributed by atoms with Gasteiger partial charge < -0.3 is 4.98 Å². The number of hydrogen-bond donors (Lipinski definition) is 1. The summed E-state index contributed by atoms with van der Waals surface area (Å²) in [5.41, 5.74) is 3.36. The Morgan fingerprint density at radius 2 is 1.81 bits per heavy atom. The molecule has 2 aromatic carbocycles. The molecule has 3 aromatic rings. The summed E-state index contributed by atoms with van der Waals surface area (Å²) in [6.45, 7) is 1.38. The van der Waals surface area contributed by atoms with E-state index in [4.69, 9.17) is 11.6 Å². The molecular weight excluding hydrogens is 286 g/mol. The Hall–Kier alpha value is -2.46. The molecule has 3 rings (SSSR count). The lowest BCUT2D eigenvalue weighted by Crippen LogP contribution is -1.80. The molecule has 0 atom stereocenters. The molecule has 5 heteroatoms. The first-order valence-electron chi connectivity index (χ1n) is 6.44. The van der Waals surface area contributed by atoms with Gasteiger partial charge in [0.25, 0.3) is 5.91 Å². The molecule has 0 bridgehead atoms. The van der Waals surface area contributed by atoms with Crippen LogP contribution < -0.4 is 0 Å². The highest BCUT2D eigenvalue weighted by Gasteiger charge is 2.12. The SMILES string of the molecule is CC(=O)N=Nc1c(-c2ccc(Cl)cc2)[nH]c2ccccc12. The fraction of sp³-hybridized carbons (Fsp3) is 0.0625. The Morgan fingerprint density at radius 3 is 2.52 bits per heavy atom. The van der Waals surface area contributed by atoms with E-state index in [9.17, 15) is 4.79 Å². The van der Waals surface area contributed by atoms with Gasteiger partial charge in [-0.25, -0.2) is 0 Å². The van der Waals surface area contributed by atoms with Gasteiger partial charge in [0, 0.05) is 28.4 Å². The molecule has 1 aromatic heterocycles. The minimum Gasteiger partial charge on any atom is -0.353 e. The number of amides is 1. The van der Waals surface area contributed by atoms with Crippen molar-refractivity contribution in [2.75, 3.05) is 0 Å². The van der Waals surface area contributed by atoms with Crippen molar-refractivity contribution in [3.05, 3.63) is 53.6 Å². The maximum atomic E-state index is 11.1. The Morgan fingerprint density at radius 1 is 1.10 bits per heavy atom. The van der Waals surface area contributed by atoms with E-state index in [0.29, 0.717) is 10.7 Å². The molecule has 0 saturated carbocycles. The Labute approximate surface area is 126 Å². The van der Waals surface area contributed by atoms with Crippen LogP contribution in [0.25, 0.3) is 22.2 Å². The number of carbonyl (C=O) groups excluding carboxylic acids is 1.